The van der Waals surface area contributed by atoms with Gasteiger partial charge in [0.05, 0.1) is 17.9 Å². The van der Waals surface area contributed by atoms with E-state index in [0.717, 1.165) is 37.3 Å². The van der Waals surface area contributed by atoms with Crippen LogP contribution in [0.3, 0.4) is 0 Å². The number of hydrogen-bond donors (Lipinski definition) is 2. The van der Waals surface area contributed by atoms with Crippen LogP contribution in [0.4, 0.5) is 20.8 Å². The van der Waals surface area contributed by atoms with Crippen LogP contribution in [0.2, 0.25) is 0 Å². The molecule has 1 aromatic carbocycles. The van der Waals surface area contributed by atoms with Crippen molar-refractivity contribution in [2.24, 2.45) is 0 Å². The number of hydrogen-bond acceptors (Lipinski definition) is 4. The molecule has 2 aromatic rings. The Morgan fingerprint density at radius 1 is 1.20 bits per heavy atom. The number of nitrogens with one attached hydrogen (secondary N) is 2. The highest BCUT2D eigenvalue weighted by Gasteiger charge is 2.15. The second-order valence-corrected chi connectivity index (χ2v) is 6.14. The van der Waals surface area contributed by atoms with E-state index in [9.17, 15) is 9.18 Å². The van der Waals surface area contributed by atoms with Gasteiger partial charge in [-0.1, -0.05) is 12.1 Å². The van der Waals surface area contributed by atoms with Crippen molar-refractivity contribution in [2.45, 2.75) is 32.7 Å². The van der Waals surface area contributed by atoms with Gasteiger partial charge in [-0.15, -0.1) is 0 Å². The van der Waals surface area contributed by atoms with Crippen molar-refractivity contribution in [3.05, 3.63) is 47.5 Å². The molecule has 7 heteroatoms. The average molecular weight is 343 g/mol. The van der Waals surface area contributed by atoms with E-state index >= 15 is 0 Å². The van der Waals surface area contributed by atoms with E-state index in [0.29, 0.717) is 5.95 Å². The largest absolute Gasteiger partial charge is 0.341 e. The summed E-state index contributed by atoms with van der Waals surface area (Å²) in [7, 11) is 0. The molecule has 0 atom stereocenters. The molecule has 0 radical (unpaired) electrons. The van der Waals surface area contributed by atoms with Crippen molar-refractivity contribution in [1.82, 2.24) is 15.3 Å². The number of carbonyl (C=O) groups excluding carboxylic acids is 1. The molecule has 2 heterocycles. The number of amides is 2. The summed E-state index contributed by atoms with van der Waals surface area (Å²) in [6.07, 6.45) is 3.54. The highest BCUT2D eigenvalue weighted by Crippen LogP contribution is 2.17. The average Bonchev–Trinajstić information content (AvgIpc) is 2.62. The molecule has 25 heavy (non-hydrogen) atoms. The maximum absolute atomic E-state index is 13.6. The summed E-state index contributed by atoms with van der Waals surface area (Å²) in [5.74, 6) is 0.244. The second-order valence-electron chi connectivity index (χ2n) is 6.14. The van der Waals surface area contributed by atoms with E-state index in [-0.39, 0.29) is 12.2 Å². The van der Waals surface area contributed by atoms with Crippen molar-refractivity contribution < 1.29 is 9.18 Å². The smallest absolute Gasteiger partial charge is 0.319 e. The van der Waals surface area contributed by atoms with Crippen LogP contribution in [0.5, 0.6) is 0 Å². The number of rotatable bonds is 4. The number of urea groups is 1. The van der Waals surface area contributed by atoms with E-state index in [1.54, 1.807) is 12.1 Å². The third-order valence-electron chi connectivity index (χ3n) is 4.09. The third-order valence-corrected chi connectivity index (χ3v) is 4.09. The van der Waals surface area contributed by atoms with E-state index < -0.39 is 11.8 Å². The van der Waals surface area contributed by atoms with Gasteiger partial charge in [-0.05, 0) is 44.4 Å². The summed E-state index contributed by atoms with van der Waals surface area (Å²) in [6.45, 7) is 4.09. The molecule has 1 aliphatic rings. The first-order chi connectivity index (χ1) is 12.1. The van der Waals surface area contributed by atoms with Crippen molar-refractivity contribution in [1.29, 1.82) is 0 Å². The Balaban J connectivity index is 1.61. The summed E-state index contributed by atoms with van der Waals surface area (Å²) < 4.78 is 13.6. The molecule has 1 fully saturated rings. The van der Waals surface area contributed by atoms with Crippen molar-refractivity contribution in [3.63, 3.8) is 0 Å². The van der Waals surface area contributed by atoms with Gasteiger partial charge >= 0.3 is 6.03 Å². The number of piperidine rings is 1. The maximum Gasteiger partial charge on any atom is 0.319 e. The lowest BCUT2D eigenvalue weighted by atomic mass is 10.1. The number of aromatic nitrogens is 2. The van der Waals surface area contributed by atoms with Crippen LogP contribution in [0.25, 0.3) is 0 Å². The fourth-order valence-electron chi connectivity index (χ4n) is 2.84. The number of aryl methyl sites for hydroxylation is 1. The Morgan fingerprint density at radius 2 is 1.96 bits per heavy atom. The molecule has 3 rings (SSSR count). The van der Waals surface area contributed by atoms with Crippen LogP contribution in [0, 0.1) is 12.7 Å². The zero-order valence-electron chi connectivity index (χ0n) is 14.3. The minimum Gasteiger partial charge on any atom is -0.341 e. The molecule has 1 aromatic heterocycles. The molecule has 2 amide bonds. The summed E-state index contributed by atoms with van der Waals surface area (Å²) in [4.78, 5) is 23.2. The van der Waals surface area contributed by atoms with E-state index in [1.807, 2.05) is 13.0 Å². The Kier molecular flexibility index (Phi) is 5.42. The molecular weight excluding hydrogens is 321 g/mol. The number of nitrogens with zero attached hydrogens (tertiary/aromatic N) is 3. The normalized spacial score (nSPS) is 14.2. The number of benzene rings is 1. The van der Waals surface area contributed by atoms with E-state index in [4.69, 9.17) is 0 Å². The van der Waals surface area contributed by atoms with Crippen LogP contribution in [-0.2, 0) is 6.54 Å². The van der Waals surface area contributed by atoms with Gasteiger partial charge < -0.3 is 15.5 Å². The number of para-hydroxylation sites is 1. The van der Waals surface area contributed by atoms with Gasteiger partial charge in [-0.3, -0.25) is 0 Å². The number of carbonyl (C=O) groups is 1. The molecule has 6 nitrogen and oxygen atoms in total. The predicted molar refractivity (Wildman–Crippen MR) is 95.1 cm³/mol. The monoisotopic (exact) mass is 343 g/mol. The zero-order valence-corrected chi connectivity index (χ0v) is 14.3. The van der Waals surface area contributed by atoms with Gasteiger partial charge in [0.15, 0.2) is 0 Å². The fourth-order valence-corrected chi connectivity index (χ4v) is 2.84. The van der Waals surface area contributed by atoms with Gasteiger partial charge in [0.25, 0.3) is 0 Å². The minimum atomic E-state index is -0.471. The SMILES string of the molecule is Cc1cc(CNC(=O)Nc2ccccc2F)nc(N2CCCCC2)n1. The molecule has 0 spiro atoms. The van der Waals surface area contributed by atoms with Crippen LogP contribution in [0.15, 0.2) is 30.3 Å². The summed E-state index contributed by atoms with van der Waals surface area (Å²) in [5.41, 5.74) is 1.74. The maximum atomic E-state index is 13.6. The quantitative estimate of drug-likeness (QED) is 0.894. The Bertz CT molecular complexity index is 746. The molecule has 132 valence electrons. The zero-order chi connectivity index (χ0) is 17.6. The Labute approximate surface area is 146 Å². The fraction of sp³-hybridized carbons (Fsp3) is 0.389. The lowest BCUT2D eigenvalue weighted by molar-refractivity contribution is 0.251. The van der Waals surface area contributed by atoms with Gasteiger partial charge in [-0.2, -0.15) is 0 Å². The first-order valence-corrected chi connectivity index (χ1v) is 8.51. The molecule has 1 aliphatic heterocycles. The molecule has 0 bridgehead atoms. The lowest BCUT2D eigenvalue weighted by Crippen LogP contribution is -2.32. The number of anilines is 2. The first-order valence-electron chi connectivity index (χ1n) is 8.51. The highest BCUT2D eigenvalue weighted by molar-refractivity contribution is 5.89. The van der Waals surface area contributed by atoms with Crippen molar-refractivity contribution >= 4 is 17.7 Å². The van der Waals surface area contributed by atoms with Gasteiger partial charge in [0.1, 0.15) is 5.82 Å². The Morgan fingerprint density at radius 3 is 2.72 bits per heavy atom. The third kappa shape index (κ3) is 4.65. The van der Waals surface area contributed by atoms with E-state index in [1.165, 1.54) is 18.6 Å². The van der Waals surface area contributed by atoms with Crippen molar-refractivity contribution in [3.8, 4) is 0 Å². The van der Waals surface area contributed by atoms with Gasteiger partial charge in [-0.25, -0.2) is 19.2 Å². The predicted octanol–water partition coefficient (Wildman–Crippen LogP) is 3.24. The summed E-state index contributed by atoms with van der Waals surface area (Å²) >= 11 is 0. The molecule has 0 saturated carbocycles. The highest BCUT2D eigenvalue weighted by atomic mass is 19.1. The minimum absolute atomic E-state index is 0.146. The Hall–Kier alpha value is -2.70. The topological polar surface area (TPSA) is 70.2 Å². The first kappa shape index (κ1) is 17.1. The summed E-state index contributed by atoms with van der Waals surface area (Å²) in [6, 6.07) is 7.42. The molecular formula is C18H22FN5O. The molecule has 1 saturated heterocycles. The van der Waals surface area contributed by atoms with Crippen LogP contribution in [-0.4, -0.2) is 29.1 Å². The number of halogens is 1. The standard InChI is InChI=1S/C18H22FN5O/c1-13-11-14(22-17(21-13)24-9-5-2-6-10-24)12-20-18(25)23-16-8-4-3-7-15(16)19/h3-4,7-8,11H,2,5-6,9-10,12H2,1H3,(H2,20,23,25). The van der Waals surface area contributed by atoms with Crippen molar-refractivity contribution in [2.75, 3.05) is 23.3 Å². The van der Waals surface area contributed by atoms with Gasteiger partial charge in [0, 0.05) is 18.8 Å². The lowest BCUT2D eigenvalue weighted by Gasteiger charge is -2.27. The molecule has 2 N–H and O–H groups in total. The van der Waals surface area contributed by atoms with Crippen LogP contribution >= 0.6 is 0 Å². The second kappa shape index (κ2) is 7.92. The van der Waals surface area contributed by atoms with Crippen LogP contribution < -0.4 is 15.5 Å². The molecule has 0 unspecified atom stereocenters. The van der Waals surface area contributed by atoms with Crippen LogP contribution in [0.1, 0.15) is 30.7 Å². The summed E-state index contributed by atoms with van der Waals surface area (Å²) in [5, 5.41) is 5.20. The van der Waals surface area contributed by atoms with E-state index in [2.05, 4.69) is 25.5 Å². The molecule has 0 aliphatic carbocycles. The van der Waals surface area contributed by atoms with Gasteiger partial charge in [0.2, 0.25) is 5.95 Å².